The minimum Gasteiger partial charge on any atom is -0.352 e. The van der Waals surface area contributed by atoms with E-state index >= 15 is 0 Å². The van der Waals surface area contributed by atoms with Crippen molar-refractivity contribution in [3.05, 3.63) is 130 Å². The summed E-state index contributed by atoms with van der Waals surface area (Å²) in [7, 11) is -4.13. The molecule has 4 aromatic carbocycles. The number of benzene rings is 4. The van der Waals surface area contributed by atoms with Crippen molar-refractivity contribution < 1.29 is 18.0 Å². The van der Waals surface area contributed by atoms with Crippen LogP contribution in [0.4, 0.5) is 5.69 Å². The number of sulfonamides is 1. The number of anilines is 1. The number of rotatable bonds is 12. The maximum Gasteiger partial charge on any atom is 0.264 e. The molecule has 0 fully saturated rings. The van der Waals surface area contributed by atoms with Crippen LogP contribution in [0, 0.1) is 6.92 Å². The molecule has 0 unspecified atom stereocenters. The van der Waals surface area contributed by atoms with E-state index in [-0.39, 0.29) is 29.8 Å². The highest BCUT2D eigenvalue weighted by atomic mass is 79.9. The van der Waals surface area contributed by atoms with Crippen LogP contribution in [0.3, 0.4) is 0 Å². The van der Waals surface area contributed by atoms with Crippen LogP contribution in [-0.2, 0) is 32.6 Å². The van der Waals surface area contributed by atoms with Crippen LogP contribution in [0.1, 0.15) is 30.5 Å². The first kappa shape index (κ1) is 32.0. The van der Waals surface area contributed by atoms with E-state index in [0.717, 1.165) is 25.5 Å². The molecule has 0 saturated heterocycles. The van der Waals surface area contributed by atoms with E-state index in [1.807, 2.05) is 75.4 Å². The predicted molar refractivity (Wildman–Crippen MR) is 174 cm³/mol. The summed E-state index contributed by atoms with van der Waals surface area (Å²) in [5.74, 6) is -0.811. The molecule has 0 aliphatic carbocycles. The Morgan fingerprint density at radius 2 is 1.42 bits per heavy atom. The van der Waals surface area contributed by atoms with Gasteiger partial charge in [0.25, 0.3) is 10.0 Å². The van der Waals surface area contributed by atoms with Gasteiger partial charge in [-0.25, -0.2) is 8.42 Å². The van der Waals surface area contributed by atoms with Crippen molar-refractivity contribution in [2.75, 3.05) is 10.8 Å². The Labute approximate surface area is 262 Å². The molecule has 7 nitrogen and oxygen atoms in total. The van der Waals surface area contributed by atoms with E-state index in [4.69, 9.17) is 0 Å². The highest BCUT2D eigenvalue weighted by molar-refractivity contribution is 9.10. The molecule has 9 heteroatoms. The lowest BCUT2D eigenvalue weighted by molar-refractivity contribution is -0.140. The Hall–Kier alpha value is -3.95. The van der Waals surface area contributed by atoms with Crippen LogP contribution in [0.5, 0.6) is 0 Å². The van der Waals surface area contributed by atoms with Gasteiger partial charge in [0.05, 0.1) is 10.6 Å². The summed E-state index contributed by atoms with van der Waals surface area (Å²) in [4.78, 5) is 29.7. The highest BCUT2D eigenvalue weighted by Crippen LogP contribution is 2.25. The van der Waals surface area contributed by atoms with Crippen LogP contribution in [-0.4, -0.2) is 43.8 Å². The first-order valence-corrected chi connectivity index (χ1v) is 16.3. The Kier molecular flexibility index (Phi) is 10.8. The van der Waals surface area contributed by atoms with Gasteiger partial charge in [0.1, 0.15) is 12.6 Å². The smallest absolute Gasteiger partial charge is 0.264 e. The fraction of sp³-hybridized carbons (Fsp3) is 0.235. The second-order valence-corrected chi connectivity index (χ2v) is 13.5. The predicted octanol–water partition coefficient (Wildman–Crippen LogP) is 6.12. The number of hydrogen-bond donors (Lipinski definition) is 1. The van der Waals surface area contributed by atoms with Crippen molar-refractivity contribution in [3.63, 3.8) is 0 Å². The van der Waals surface area contributed by atoms with Gasteiger partial charge in [0, 0.05) is 23.5 Å². The molecule has 0 aliphatic heterocycles. The van der Waals surface area contributed by atoms with Gasteiger partial charge in [0.15, 0.2) is 0 Å². The van der Waals surface area contributed by atoms with E-state index in [0.29, 0.717) is 5.69 Å². The van der Waals surface area contributed by atoms with Gasteiger partial charge in [0.2, 0.25) is 11.8 Å². The van der Waals surface area contributed by atoms with E-state index in [9.17, 15) is 18.0 Å². The van der Waals surface area contributed by atoms with Gasteiger partial charge in [-0.15, -0.1) is 0 Å². The standard InChI is InChI=1S/C34H36BrN3O4S/c1-25(2)36-34(40)32(22-27-11-6-4-7-12-27)37(23-28-13-10-14-29(35)21-28)33(39)24-38(30-15-8-5-9-16-30)43(41,42)31-19-17-26(3)18-20-31/h4-21,25,32H,22-24H2,1-3H3,(H,36,40)/t32-/m1/s1. The monoisotopic (exact) mass is 661 g/mol. The molecule has 2 amide bonds. The molecular weight excluding hydrogens is 626 g/mol. The minimum atomic E-state index is -4.13. The summed E-state index contributed by atoms with van der Waals surface area (Å²) < 4.78 is 30.0. The lowest BCUT2D eigenvalue weighted by Gasteiger charge is -2.34. The number of nitrogens with one attached hydrogen (secondary N) is 1. The summed E-state index contributed by atoms with van der Waals surface area (Å²) in [5, 5.41) is 2.97. The quantitative estimate of drug-likeness (QED) is 0.198. The Bertz CT molecular complexity index is 1630. The molecule has 1 atom stereocenters. The number of para-hydroxylation sites is 1. The van der Waals surface area contributed by atoms with E-state index in [2.05, 4.69) is 21.2 Å². The number of nitrogens with zero attached hydrogens (tertiary/aromatic N) is 2. The largest absolute Gasteiger partial charge is 0.352 e. The summed E-state index contributed by atoms with van der Waals surface area (Å²) in [5.41, 5.74) is 2.95. The van der Waals surface area contributed by atoms with Crippen molar-refractivity contribution in [2.45, 2.75) is 50.7 Å². The third-order valence-corrected chi connectivity index (χ3v) is 9.16. The number of amides is 2. The van der Waals surface area contributed by atoms with Crippen molar-refractivity contribution in [2.24, 2.45) is 0 Å². The molecule has 4 aromatic rings. The minimum absolute atomic E-state index is 0.0756. The zero-order valence-electron chi connectivity index (χ0n) is 24.5. The summed E-state index contributed by atoms with van der Waals surface area (Å²) >= 11 is 3.50. The molecule has 4 rings (SSSR count). The molecule has 0 aromatic heterocycles. The van der Waals surface area contributed by atoms with Gasteiger partial charge in [-0.3, -0.25) is 13.9 Å². The maximum atomic E-state index is 14.4. The summed E-state index contributed by atoms with van der Waals surface area (Å²) in [6.07, 6.45) is 0.259. The van der Waals surface area contributed by atoms with Crippen molar-refractivity contribution in [1.82, 2.24) is 10.2 Å². The number of aryl methyl sites for hydroxylation is 1. The number of hydrogen-bond acceptors (Lipinski definition) is 4. The van der Waals surface area contributed by atoms with Crippen LogP contribution in [0.2, 0.25) is 0 Å². The van der Waals surface area contributed by atoms with Crippen LogP contribution >= 0.6 is 15.9 Å². The molecule has 224 valence electrons. The molecule has 0 bridgehead atoms. The topological polar surface area (TPSA) is 86.8 Å². The number of carbonyl (C=O) groups is 2. The van der Waals surface area contributed by atoms with Crippen LogP contribution in [0.15, 0.2) is 119 Å². The molecule has 0 radical (unpaired) electrons. The van der Waals surface area contributed by atoms with Gasteiger partial charge in [-0.2, -0.15) is 0 Å². The van der Waals surface area contributed by atoms with Crippen molar-refractivity contribution in [3.8, 4) is 0 Å². The Balaban J connectivity index is 1.79. The first-order chi connectivity index (χ1) is 20.5. The molecule has 1 N–H and O–H groups in total. The van der Waals surface area contributed by atoms with E-state index in [1.165, 1.54) is 4.90 Å². The third-order valence-electron chi connectivity index (χ3n) is 6.88. The number of halogens is 1. The van der Waals surface area contributed by atoms with Gasteiger partial charge in [-0.1, -0.05) is 94.3 Å². The number of carbonyl (C=O) groups excluding carboxylic acids is 2. The SMILES string of the molecule is Cc1ccc(S(=O)(=O)N(CC(=O)N(Cc2cccc(Br)c2)[C@H](Cc2ccccc2)C(=O)NC(C)C)c2ccccc2)cc1. The summed E-state index contributed by atoms with van der Waals surface area (Å²) in [6.45, 7) is 5.22. The van der Waals surface area contributed by atoms with Crippen molar-refractivity contribution >= 4 is 43.5 Å². The van der Waals surface area contributed by atoms with Crippen molar-refractivity contribution in [1.29, 1.82) is 0 Å². The summed E-state index contributed by atoms with van der Waals surface area (Å²) in [6, 6.07) is 31.0. The fourth-order valence-electron chi connectivity index (χ4n) is 4.73. The third kappa shape index (κ3) is 8.55. The molecule has 0 spiro atoms. The Morgan fingerprint density at radius 3 is 2.02 bits per heavy atom. The normalized spacial score (nSPS) is 12.0. The fourth-order valence-corrected chi connectivity index (χ4v) is 6.59. The zero-order chi connectivity index (χ0) is 31.0. The molecule has 0 aliphatic rings. The van der Waals surface area contributed by atoms with Crippen LogP contribution < -0.4 is 9.62 Å². The molecule has 43 heavy (non-hydrogen) atoms. The maximum absolute atomic E-state index is 14.4. The van der Waals surface area contributed by atoms with E-state index in [1.54, 1.807) is 54.6 Å². The Morgan fingerprint density at radius 1 is 0.814 bits per heavy atom. The van der Waals surface area contributed by atoms with Crippen LogP contribution in [0.25, 0.3) is 0 Å². The zero-order valence-corrected chi connectivity index (χ0v) is 26.9. The second kappa shape index (κ2) is 14.5. The van der Waals surface area contributed by atoms with Gasteiger partial charge >= 0.3 is 0 Å². The second-order valence-electron chi connectivity index (χ2n) is 10.7. The molecule has 0 saturated carbocycles. The van der Waals surface area contributed by atoms with Gasteiger partial charge in [-0.05, 0) is 68.3 Å². The van der Waals surface area contributed by atoms with E-state index < -0.39 is 28.5 Å². The lowest BCUT2D eigenvalue weighted by atomic mass is 10.0. The first-order valence-electron chi connectivity index (χ1n) is 14.1. The molecular formula is C34H36BrN3O4S. The molecule has 0 heterocycles. The average Bonchev–Trinajstić information content (AvgIpc) is 2.98. The van der Waals surface area contributed by atoms with Gasteiger partial charge < -0.3 is 10.2 Å². The lowest BCUT2D eigenvalue weighted by Crippen LogP contribution is -2.54. The highest BCUT2D eigenvalue weighted by Gasteiger charge is 2.34. The average molecular weight is 663 g/mol.